The molecule has 2 heterocycles. The number of nitrogen functional groups attached to an aromatic ring is 1. The van der Waals surface area contributed by atoms with Crippen LogP contribution in [0.2, 0.25) is 0 Å². The molecule has 14 heteroatoms. The normalized spacial score (nSPS) is 19.3. The number of amides is 1. The minimum atomic E-state index is -3.75. The fourth-order valence-electron chi connectivity index (χ4n) is 2.87. The molecule has 0 spiro atoms. The van der Waals surface area contributed by atoms with E-state index in [1.165, 1.54) is 29.2 Å². The topological polar surface area (TPSA) is 181 Å². The number of hydrogen-bond acceptors (Lipinski definition) is 11. The number of aromatic nitrogens is 2. The maximum atomic E-state index is 12.6. The standard InChI is InChI=1S/C15H17N5O8S/c1-29(24,25)28-11-6-12(13-17-14(16)18-27-13)19(7-11)15(21)26-8-9-2-4-10(5-3-9)20(22)23/h2-5,11-12H,6-8H2,1H3,(H2,16,18)/t11-,12+/m1/s1. The number of carbonyl (C=O) groups excluding carboxylic acids is 1. The summed E-state index contributed by atoms with van der Waals surface area (Å²) in [5.41, 5.74) is 5.89. The van der Waals surface area contributed by atoms with Crippen molar-refractivity contribution >= 4 is 27.8 Å². The summed E-state index contributed by atoms with van der Waals surface area (Å²) in [6, 6.07) is 4.72. The average molecular weight is 427 g/mol. The average Bonchev–Trinajstić information content (AvgIpc) is 3.24. The summed E-state index contributed by atoms with van der Waals surface area (Å²) in [6.45, 7) is -0.233. The van der Waals surface area contributed by atoms with Crippen molar-refractivity contribution in [2.45, 2.75) is 25.2 Å². The van der Waals surface area contributed by atoms with E-state index in [1.54, 1.807) is 0 Å². The Morgan fingerprint density at radius 2 is 2.10 bits per heavy atom. The number of nitrogens with zero attached hydrogens (tertiary/aromatic N) is 4. The molecule has 0 unspecified atom stereocenters. The van der Waals surface area contributed by atoms with Crippen LogP contribution in [0, 0.1) is 10.1 Å². The predicted octanol–water partition coefficient (Wildman–Crippen LogP) is 0.988. The van der Waals surface area contributed by atoms with Crippen molar-refractivity contribution in [2.75, 3.05) is 18.5 Å². The van der Waals surface area contributed by atoms with E-state index >= 15 is 0 Å². The number of benzene rings is 1. The number of non-ortho nitro benzene ring substituents is 1. The van der Waals surface area contributed by atoms with Crippen molar-refractivity contribution in [1.82, 2.24) is 15.0 Å². The van der Waals surface area contributed by atoms with Gasteiger partial charge in [-0.05, 0) is 22.9 Å². The smallest absolute Gasteiger partial charge is 0.410 e. The Hall–Kier alpha value is -3.26. The van der Waals surface area contributed by atoms with Crippen molar-refractivity contribution in [2.24, 2.45) is 0 Å². The van der Waals surface area contributed by atoms with Crippen LogP contribution in [0.1, 0.15) is 23.9 Å². The van der Waals surface area contributed by atoms with Crippen LogP contribution >= 0.6 is 0 Å². The van der Waals surface area contributed by atoms with Gasteiger partial charge in [0.05, 0.1) is 23.8 Å². The summed E-state index contributed by atoms with van der Waals surface area (Å²) in [7, 11) is -3.75. The van der Waals surface area contributed by atoms with E-state index in [-0.39, 0.29) is 37.1 Å². The SMILES string of the molecule is CS(=O)(=O)O[C@@H]1C[C@@H](c2nc(N)no2)N(C(=O)OCc2ccc([N+](=O)[O-])cc2)C1. The number of anilines is 1. The maximum Gasteiger partial charge on any atom is 0.410 e. The van der Waals surface area contributed by atoms with Crippen LogP contribution in [0.15, 0.2) is 28.8 Å². The van der Waals surface area contributed by atoms with Crippen molar-refractivity contribution < 1.29 is 31.6 Å². The molecule has 156 valence electrons. The summed E-state index contributed by atoms with van der Waals surface area (Å²) in [6.07, 6.45) is -0.608. The van der Waals surface area contributed by atoms with Crippen LogP contribution in [-0.4, -0.2) is 53.4 Å². The Morgan fingerprint density at radius 1 is 1.41 bits per heavy atom. The molecule has 2 N–H and O–H groups in total. The zero-order valence-electron chi connectivity index (χ0n) is 15.1. The second kappa shape index (κ2) is 8.00. The van der Waals surface area contributed by atoms with Gasteiger partial charge in [-0.1, -0.05) is 0 Å². The highest BCUT2D eigenvalue weighted by Crippen LogP contribution is 2.34. The van der Waals surface area contributed by atoms with E-state index in [9.17, 15) is 23.3 Å². The Labute approximate surface area is 164 Å². The lowest BCUT2D eigenvalue weighted by atomic mass is 10.2. The van der Waals surface area contributed by atoms with Crippen LogP contribution in [0.4, 0.5) is 16.4 Å². The van der Waals surface area contributed by atoms with Gasteiger partial charge in [-0.2, -0.15) is 13.4 Å². The van der Waals surface area contributed by atoms with Gasteiger partial charge in [0.25, 0.3) is 27.6 Å². The highest BCUT2D eigenvalue weighted by atomic mass is 32.2. The van der Waals surface area contributed by atoms with Crippen molar-refractivity contribution in [3.63, 3.8) is 0 Å². The molecule has 0 radical (unpaired) electrons. The largest absolute Gasteiger partial charge is 0.445 e. The first-order valence-corrected chi connectivity index (χ1v) is 10.1. The number of hydrogen-bond donors (Lipinski definition) is 1. The molecule has 0 saturated carbocycles. The molecule has 1 aliphatic heterocycles. The molecule has 1 aromatic carbocycles. The molecule has 1 aliphatic rings. The lowest BCUT2D eigenvalue weighted by Gasteiger charge is -2.21. The second-order valence-corrected chi connectivity index (χ2v) is 7.90. The van der Waals surface area contributed by atoms with E-state index in [4.69, 9.17) is 19.2 Å². The van der Waals surface area contributed by atoms with Gasteiger partial charge < -0.3 is 15.0 Å². The van der Waals surface area contributed by atoms with Crippen molar-refractivity contribution in [3.05, 3.63) is 45.8 Å². The maximum absolute atomic E-state index is 12.6. The molecule has 3 rings (SSSR count). The highest BCUT2D eigenvalue weighted by molar-refractivity contribution is 7.86. The van der Waals surface area contributed by atoms with E-state index in [0.717, 1.165) is 6.26 Å². The number of nitrogens with two attached hydrogens (primary N) is 1. The van der Waals surface area contributed by atoms with Crippen LogP contribution < -0.4 is 5.73 Å². The van der Waals surface area contributed by atoms with Crippen molar-refractivity contribution in [1.29, 1.82) is 0 Å². The number of nitro groups is 1. The van der Waals surface area contributed by atoms with Crippen molar-refractivity contribution in [3.8, 4) is 0 Å². The van der Waals surface area contributed by atoms with Crippen LogP contribution in [0.3, 0.4) is 0 Å². The molecule has 13 nitrogen and oxygen atoms in total. The van der Waals surface area contributed by atoms with Gasteiger partial charge in [-0.25, -0.2) is 4.79 Å². The Balaban J connectivity index is 1.70. The molecule has 1 fully saturated rings. The summed E-state index contributed by atoms with van der Waals surface area (Å²) in [5.74, 6) is -0.110. The lowest BCUT2D eigenvalue weighted by Crippen LogP contribution is -2.33. The summed E-state index contributed by atoms with van der Waals surface area (Å²) < 4.78 is 38.1. The molecule has 29 heavy (non-hydrogen) atoms. The molecule has 1 amide bonds. The van der Waals surface area contributed by atoms with E-state index in [1.807, 2.05) is 0 Å². The molecule has 0 bridgehead atoms. The third-order valence-corrected chi connectivity index (χ3v) is 4.68. The van der Waals surface area contributed by atoms with E-state index < -0.39 is 33.3 Å². The van der Waals surface area contributed by atoms with Gasteiger partial charge in [-0.3, -0.25) is 19.2 Å². The van der Waals surface area contributed by atoms with E-state index in [2.05, 4.69) is 10.1 Å². The first-order chi connectivity index (χ1) is 13.6. The first-order valence-electron chi connectivity index (χ1n) is 8.26. The number of rotatable bonds is 6. The van der Waals surface area contributed by atoms with Crippen LogP contribution in [-0.2, 0) is 25.6 Å². The summed E-state index contributed by atoms with van der Waals surface area (Å²) in [4.78, 5) is 27.8. The Morgan fingerprint density at radius 3 is 2.66 bits per heavy atom. The third kappa shape index (κ3) is 5.17. The summed E-state index contributed by atoms with van der Waals surface area (Å²) >= 11 is 0. The molecular formula is C15H17N5O8S. The highest BCUT2D eigenvalue weighted by Gasteiger charge is 2.42. The zero-order valence-corrected chi connectivity index (χ0v) is 15.9. The van der Waals surface area contributed by atoms with Crippen LogP contribution in [0.25, 0.3) is 0 Å². The molecular weight excluding hydrogens is 410 g/mol. The minimum absolute atomic E-state index is 0.0226. The van der Waals surface area contributed by atoms with Gasteiger partial charge in [0.1, 0.15) is 12.6 Å². The molecule has 2 aromatic rings. The van der Waals surface area contributed by atoms with Gasteiger partial charge in [0.15, 0.2) is 0 Å². The van der Waals surface area contributed by atoms with Gasteiger partial charge in [-0.15, -0.1) is 0 Å². The second-order valence-electron chi connectivity index (χ2n) is 6.30. The van der Waals surface area contributed by atoms with Gasteiger partial charge in [0.2, 0.25) is 0 Å². The van der Waals surface area contributed by atoms with E-state index in [0.29, 0.717) is 5.56 Å². The fraction of sp³-hybridized carbons (Fsp3) is 0.400. The van der Waals surface area contributed by atoms with Gasteiger partial charge >= 0.3 is 6.09 Å². The number of likely N-dealkylation sites (tertiary alicyclic amines) is 1. The summed E-state index contributed by atoms with van der Waals surface area (Å²) in [5, 5.41) is 14.2. The molecule has 2 atom stereocenters. The molecule has 0 aliphatic carbocycles. The number of ether oxygens (including phenoxy) is 1. The third-order valence-electron chi connectivity index (χ3n) is 4.06. The monoisotopic (exact) mass is 427 g/mol. The minimum Gasteiger partial charge on any atom is -0.445 e. The predicted molar refractivity (Wildman–Crippen MR) is 95.8 cm³/mol. The van der Waals surface area contributed by atoms with Crippen LogP contribution in [0.5, 0.6) is 0 Å². The van der Waals surface area contributed by atoms with Gasteiger partial charge in [0, 0.05) is 18.6 Å². The Bertz CT molecular complexity index is 1010. The quantitative estimate of drug-likeness (QED) is 0.394. The molecule has 1 saturated heterocycles. The first kappa shape index (κ1) is 20.5. The fourth-order valence-corrected chi connectivity index (χ4v) is 3.51. The number of nitro benzene ring substituents is 1. The molecule has 1 aromatic heterocycles. The number of carbonyl (C=O) groups is 1. The Kier molecular flexibility index (Phi) is 5.65. The zero-order chi connectivity index (χ0) is 21.2. The lowest BCUT2D eigenvalue weighted by molar-refractivity contribution is -0.384.